The van der Waals surface area contributed by atoms with Crippen LogP contribution in [0.25, 0.3) is 0 Å². The molecular formula is C28H38N6O5. The summed E-state index contributed by atoms with van der Waals surface area (Å²) in [5.41, 5.74) is 7.28. The van der Waals surface area contributed by atoms with Crippen LogP contribution >= 0.6 is 0 Å². The number of nitrogens with one attached hydrogen (secondary N) is 3. The van der Waals surface area contributed by atoms with Gasteiger partial charge in [-0.2, -0.15) is 0 Å². The SMILES string of the molecule is CC1CC(O)CC(Oc2ccccc2C(Nc2cccc(C(=N)N)c2)C(=O)NCC(=O)N2CCN(C)CC2)O1. The molecule has 4 atom stereocenters. The van der Waals surface area contributed by atoms with Crippen LogP contribution in [-0.2, 0) is 14.3 Å². The number of amidine groups is 1. The number of anilines is 1. The number of hydrogen-bond donors (Lipinski definition) is 5. The third kappa shape index (κ3) is 7.69. The van der Waals surface area contributed by atoms with E-state index in [4.69, 9.17) is 20.6 Å². The van der Waals surface area contributed by atoms with E-state index in [1.807, 2.05) is 14.0 Å². The van der Waals surface area contributed by atoms with Crippen LogP contribution in [0.15, 0.2) is 48.5 Å². The fourth-order valence-electron chi connectivity index (χ4n) is 4.78. The summed E-state index contributed by atoms with van der Waals surface area (Å²) in [6, 6.07) is 13.1. The summed E-state index contributed by atoms with van der Waals surface area (Å²) < 4.78 is 12.0. The molecule has 2 heterocycles. The van der Waals surface area contributed by atoms with Gasteiger partial charge in [-0.25, -0.2) is 0 Å². The van der Waals surface area contributed by atoms with Gasteiger partial charge in [-0.05, 0) is 38.6 Å². The molecule has 0 radical (unpaired) electrons. The Kier molecular flexibility index (Phi) is 9.39. The van der Waals surface area contributed by atoms with Gasteiger partial charge in [-0.15, -0.1) is 0 Å². The molecule has 2 saturated heterocycles. The monoisotopic (exact) mass is 538 g/mol. The molecule has 0 bridgehead atoms. The van der Waals surface area contributed by atoms with E-state index in [0.717, 1.165) is 13.1 Å². The molecule has 4 rings (SSSR count). The average molecular weight is 539 g/mol. The molecule has 0 spiro atoms. The largest absolute Gasteiger partial charge is 0.464 e. The second kappa shape index (κ2) is 12.9. The molecule has 6 N–H and O–H groups in total. The summed E-state index contributed by atoms with van der Waals surface area (Å²) in [6.45, 7) is 4.56. The number of nitrogens with two attached hydrogens (primary N) is 1. The highest BCUT2D eigenvalue weighted by Gasteiger charge is 2.30. The molecule has 2 aromatic rings. The lowest BCUT2D eigenvalue weighted by molar-refractivity contribution is -0.170. The molecule has 210 valence electrons. The van der Waals surface area contributed by atoms with Crippen molar-refractivity contribution in [3.8, 4) is 5.75 Å². The molecule has 2 aliphatic rings. The van der Waals surface area contributed by atoms with E-state index in [2.05, 4.69) is 15.5 Å². The Hall–Kier alpha value is -3.67. The lowest BCUT2D eigenvalue weighted by atomic mass is 10.0. The number of ether oxygens (including phenoxy) is 2. The third-order valence-electron chi connectivity index (χ3n) is 6.96. The van der Waals surface area contributed by atoms with Crippen LogP contribution in [0.1, 0.15) is 36.9 Å². The number of rotatable bonds is 9. The first-order chi connectivity index (χ1) is 18.7. The molecule has 11 heteroatoms. The van der Waals surface area contributed by atoms with Crippen LogP contribution in [0.5, 0.6) is 5.75 Å². The van der Waals surface area contributed by atoms with Crippen LogP contribution in [0, 0.1) is 5.41 Å². The molecule has 4 unspecified atom stereocenters. The zero-order chi connectivity index (χ0) is 27.9. The van der Waals surface area contributed by atoms with Crippen LogP contribution in [0.4, 0.5) is 5.69 Å². The van der Waals surface area contributed by atoms with Gasteiger partial charge in [0.05, 0.1) is 18.8 Å². The quantitative estimate of drug-likeness (QED) is 0.236. The van der Waals surface area contributed by atoms with Crippen molar-refractivity contribution in [2.45, 2.75) is 44.3 Å². The summed E-state index contributed by atoms with van der Waals surface area (Å²) in [5.74, 6) is -0.232. The van der Waals surface area contributed by atoms with Crippen molar-refractivity contribution in [1.29, 1.82) is 5.41 Å². The maximum atomic E-state index is 13.6. The van der Waals surface area contributed by atoms with E-state index >= 15 is 0 Å². The van der Waals surface area contributed by atoms with Gasteiger partial charge < -0.3 is 40.7 Å². The molecule has 2 amide bonds. The topological polar surface area (TPSA) is 153 Å². The van der Waals surface area contributed by atoms with Gasteiger partial charge in [0.1, 0.15) is 17.6 Å². The molecule has 2 aliphatic heterocycles. The van der Waals surface area contributed by atoms with E-state index in [0.29, 0.717) is 48.5 Å². The van der Waals surface area contributed by atoms with Gasteiger partial charge in [0.2, 0.25) is 18.1 Å². The van der Waals surface area contributed by atoms with Crippen molar-refractivity contribution in [3.05, 3.63) is 59.7 Å². The van der Waals surface area contributed by atoms with Crippen molar-refractivity contribution >= 4 is 23.3 Å². The van der Waals surface area contributed by atoms with Gasteiger partial charge in [0.15, 0.2) is 0 Å². The number of likely N-dealkylation sites (N-methyl/N-ethyl adjacent to an activating group) is 1. The van der Waals surface area contributed by atoms with Crippen molar-refractivity contribution < 1.29 is 24.2 Å². The Morgan fingerprint density at radius 2 is 1.90 bits per heavy atom. The number of para-hydroxylation sites is 1. The van der Waals surface area contributed by atoms with Crippen LogP contribution < -0.4 is 21.1 Å². The van der Waals surface area contributed by atoms with Crippen LogP contribution in [0.3, 0.4) is 0 Å². The smallest absolute Gasteiger partial charge is 0.247 e. The van der Waals surface area contributed by atoms with E-state index in [9.17, 15) is 14.7 Å². The third-order valence-corrected chi connectivity index (χ3v) is 6.96. The molecule has 0 aliphatic carbocycles. The standard InChI is InChI=1S/C28H38N6O5/c1-18-14-21(35)16-25(38-18)39-23-9-4-3-8-22(23)26(32-20-7-5-6-19(15-20)27(29)30)28(37)31-17-24(36)34-12-10-33(2)11-13-34/h3-9,15,18,21,25-26,32,35H,10-14,16-17H2,1-2H3,(H3,29,30)(H,31,37). The first-order valence-corrected chi connectivity index (χ1v) is 13.2. The number of benzene rings is 2. The van der Waals surface area contributed by atoms with E-state index in [1.54, 1.807) is 53.4 Å². The van der Waals surface area contributed by atoms with Gasteiger partial charge >= 0.3 is 0 Å². The number of piperazine rings is 1. The van der Waals surface area contributed by atoms with Gasteiger partial charge in [-0.1, -0.05) is 30.3 Å². The minimum atomic E-state index is -0.936. The highest BCUT2D eigenvalue weighted by Crippen LogP contribution is 2.31. The number of aliphatic hydroxyl groups excluding tert-OH is 1. The van der Waals surface area contributed by atoms with E-state index in [-0.39, 0.29) is 24.4 Å². The second-order valence-electron chi connectivity index (χ2n) is 10.1. The zero-order valence-electron chi connectivity index (χ0n) is 22.4. The van der Waals surface area contributed by atoms with Crippen LogP contribution in [-0.4, -0.2) is 90.8 Å². The summed E-state index contributed by atoms with van der Waals surface area (Å²) in [7, 11) is 2.01. The molecule has 11 nitrogen and oxygen atoms in total. The van der Waals surface area contributed by atoms with Gasteiger partial charge in [0.25, 0.3) is 0 Å². The molecule has 0 aromatic heterocycles. The maximum absolute atomic E-state index is 13.6. The molecule has 39 heavy (non-hydrogen) atoms. The minimum absolute atomic E-state index is 0.0942. The Labute approximate surface area is 228 Å². The lowest BCUT2D eigenvalue weighted by Crippen LogP contribution is -2.50. The molecule has 0 saturated carbocycles. The number of aliphatic hydroxyl groups is 1. The first kappa shape index (κ1) is 28.3. The predicted octanol–water partition coefficient (Wildman–Crippen LogP) is 1.28. The summed E-state index contributed by atoms with van der Waals surface area (Å²) in [5, 5.41) is 24.0. The molecular weight excluding hydrogens is 500 g/mol. The Morgan fingerprint density at radius 3 is 2.62 bits per heavy atom. The number of nitrogen functional groups attached to an aromatic ring is 1. The Balaban J connectivity index is 1.56. The van der Waals surface area contributed by atoms with E-state index in [1.165, 1.54) is 0 Å². The summed E-state index contributed by atoms with van der Waals surface area (Å²) in [4.78, 5) is 30.3. The predicted molar refractivity (Wildman–Crippen MR) is 148 cm³/mol. The van der Waals surface area contributed by atoms with Crippen molar-refractivity contribution in [2.75, 3.05) is 45.1 Å². The number of nitrogens with zero attached hydrogens (tertiary/aromatic N) is 2. The van der Waals surface area contributed by atoms with Gasteiger partial charge in [0, 0.05) is 49.4 Å². The van der Waals surface area contributed by atoms with Crippen molar-refractivity contribution in [3.63, 3.8) is 0 Å². The summed E-state index contributed by atoms with van der Waals surface area (Å²) in [6.07, 6.45) is -0.546. The number of carbonyl (C=O) groups is 2. The van der Waals surface area contributed by atoms with Crippen molar-refractivity contribution in [2.24, 2.45) is 5.73 Å². The zero-order valence-corrected chi connectivity index (χ0v) is 22.4. The molecule has 2 fully saturated rings. The Morgan fingerprint density at radius 1 is 1.15 bits per heavy atom. The summed E-state index contributed by atoms with van der Waals surface area (Å²) >= 11 is 0. The highest BCUT2D eigenvalue weighted by atomic mass is 16.7. The van der Waals surface area contributed by atoms with Crippen LogP contribution in [0.2, 0.25) is 0 Å². The Bertz CT molecular complexity index is 1160. The fraction of sp³-hybridized carbons (Fsp3) is 0.464. The van der Waals surface area contributed by atoms with E-state index < -0.39 is 24.3 Å². The first-order valence-electron chi connectivity index (χ1n) is 13.2. The second-order valence-corrected chi connectivity index (χ2v) is 10.1. The minimum Gasteiger partial charge on any atom is -0.464 e. The number of carbonyl (C=O) groups excluding carboxylic acids is 2. The lowest BCUT2D eigenvalue weighted by Gasteiger charge is -2.33. The average Bonchev–Trinajstić information content (AvgIpc) is 2.90. The molecule has 2 aromatic carbocycles. The van der Waals surface area contributed by atoms with Gasteiger partial charge in [-0.3, -0.25) is 15.0 Å². The fourth-order valence-corrected chi connectivity index (χ4v) is 4.78. The normalized spacial score (nSPS) is 22.5. The maximum Gasteiger partial charge on any atom is 0.247 e. The van der Waals surface area contributed by atoms with Crippen molar-refractivity contribution in [1.82, 2.24) is 15.1 Å². The number of hydrogen-bond acceptors (Lipinski definition) is 8. The highest BCUT2D eigenvalue weighted by molar-refractivity contribution is 5.96. The number of amides is 2.